The molecular formula is C5H8NO2. The number of carbonyl (C=O) groups is 1. The van der Waals surface area contributed by atoms with Crippen LogP contribution < -0.4 is 0 Å². The Morgan fingerprint density at radius 3 is 3.00 bits per heavy atom. The summed E-state index contributed by atoms with van der Waals surface area (Å²) in [6, 6.07) is 0. The van der Waals surface area contributed by atoms with E-state index in [4.69, 9.17) is 0 Å². The molecule has 1 fully saturated rings. The molecule has 0 bridgehead atoms. The molecule has 1 saturated heterocycles. The van der Waals surface area contributed by atoms with Crippen LogP contribution in [0.5, 0.6) is 0 Å². The first-order valence-electron chi connectivity index (χ1n) is 2.54. The van der Waals surface area contributed by atoms with Gasteiger partial charge in [0, 0.05) is 20.0 Å². The van der Waals surface area contributed by atoms with E-state index in [2.05, 4.69) is 4.74 Å². The van der Waals surface area contributed by atoms with Gasteiger partial charge in [0.25, 0.3) is 0 Å². The maximum atomic E-state index is 10.5. The van der Waals surface area contributed by atoms with Crippen molar-refractivity contribution in [1.29, 1.82) is 0 Å². The largest absolute Gasteiger partial charge is 0.442 e. The zero-order valence-corrected chi connectivity index (χ0v) is 4.76. The zero-order valence-electron chi connectivity index (χ0n) is 4.76. The average Bonchev–Trinajstić information content (AvgIpc) is 1.77. The SMILES string of the molecule is CN1CC[CH]OC1=O. The van der Waals surface area contributed by atoms with Gasteiger partial charge < -0.3 is 9.64 Å². The molecule has 3 heteroatoms. The molecule has 3 nitrogen and oxygen atoms in total. The van der Waals surface area contributed by atoms with Crippen LogP contribution in [0.2, 0.25) is 0 Å². The number of hydrogen-bond donors (Lipinski definition) is 0. The third kappa shape index (κ3) is 0.911. The first kappa shape index (κ1) is 5.41. The highest BCUT2D eigenvalue weighted by Gasteiger charge is 2.14. The number of ether oxygens (including phenoxy) is 1. The van der Waals surface area contributed by atoms with Crippen LogP contribution in [0.25, 0.3) is 0 Å². The molecule has 0 saturated carbocycles. The number of rotatable bonds is 0. The molecule has 1 heterocycles. The Morgan fingerprint density at radius 1 is 1.88 bits per heavy atom. The smallest absolute Gasteiger partial charge is 0.409 e. The average molecular weight is 114 g/mol. The van der Waals surface area contributed by atoms with Crippen molar-refractivity contribution >= 4 is 6.09 Å². The van der Waals surface area contributed by atoms with Crippen LogP contribution in [-0.4, -0.2) is 24.6 Å². The lowest BCUT2D eigenvalue weighted by atomic mass is 10.4. The normalized spacial score (nSPS) is 20.6. The lowest BCUT2D eigenvalue weighted by Gasteiger charge is -2.20. The summed E-state index contributed by atoms with van der Waals surface area (Å²) in [6.07, 6.45) is 0.582. The van der Waals surface area contributed by atoms with Gasteiger partial charge >= 0.3 is 6.09 Å². The zero-order chi connectivity index (χ0) is 5.98. The van der Waals surface area contributed by atoms with Crippen LogP contribution in [0, 0.1) is 6.61 Å². The first-order valence-corrected chi connectivity index (χ1v) is 2.54. The van der Waals surface area contributed by atoms with Crippen LogP contribution in [0.3, 0.4) is 0 Å². The summed E-state index contributed by atoms with van der Waals surface area (Å²) in [5, 5.41) is 0. The highest BCUT2D eigenvalue weighted by Crippen LogP contribution is 2.03. The Kier molecular flexibility index (Phi) is 1.37. The quantitative estimate of drug-likeness (QED) is 0.462. The van der Waals surface area contributed by atoms with Crippen molar-refractivity contribution in [1.82, 2.24) is 4.90 Å². The van der Waals surface area contributed by atoms with E-state index in [0.717, 1.165) is 13.0 Å². The molecular weight excluding hydrogens is 106 g/mol. The molecule has 1 aliphatic heterocycles. The molecule has 0 aromatic heterocycles. The van der Waals surface area contributed by atoms with E-state index in [1.54, 1.807) is 11.9 Å². The van der Waals surface area contributed by atoms with Gasteiger partial charge in [-0.25, -0.2) is 4.79 Å². The molecule has 1 radical (unpaired) electrons. The van der Waals surface area contributed by atoms with Crippen molar-refractivity contribution in [3.63, 3.8) is 0 Å². The molecule has 0 unspecified atom stereocenters. The van der Waals surface area contributed by atoms with Gasteiger partial charge in [0.1, 0.15) is 6.61 Å². The molecule has 1 amide bonds. The predicted octanol–water partition coefficient (Wildman–Crippen LogP) is 0.620. The van der Waals surface area contributed by atoms with Crippen LogP contribution in [-0.2, 0) is 4.74 Å². The predicted molar refractivity (Wildman–Crippen MR) is 28.0 cm³/mol. The number of carbonyl (C=O) groups excluding carboxylic acids is 1. The van der Waals surface area contributed by atoms with E-state index >= 15 is 0 Å². The summed E-state index contributed by atoms with van der Waals surface area (Å²) < 4.78 is 4.55. The molecule has 0 aliphatic carbocycles. The minimum absolute atomic E-state index is 0.253. The van der Waals surface area contributed by atoms with Gasteiger partial charge in [-0.15, -0.1) is 0 Å². The van der Waals surface area contributed by atoms with Crippen molar-refractivity contribution in [2.45, 2.75) is 6.42 Å². The second-order valence-electron chi connectivity index (χ2n) is 1.76. The van der Waals surface area contributed by atoms with E-state index in [1.807, 2.05) is 0 Å². The summed E-state index contributed by atoms with van der Waals surface area (Å²) >= 11 is 0. The highest BCUT2D eigenvalue weighted by atomic mass is 16.6. The van der Waals surface area contributed by atoms with E-state index < -0.39 is 0 Å². The third-order valence-corrected chi connectivity index (χ3v) is 1.08. The Balaban J connectivity index is 2.39. The van der Waals surface area contributed by atoms with E-state index in [0.29, 0.717) is 0 Å². The first-order chi connectivity index (χ1) is 3.80. The minimum atomic E-state index is -0.253. The lowest BCUT2D eigenvalue weighted by molar-refractivity contribution is 0.111. The summed E-state index contributed by atoms with van der Waals surface area (Å²) in [5.41, 5.74) is 0. The molecule has 45 valence electrons. The van der Waals surface area contributed by atoms with E-state index in [-0.39, 0.29) is 6.09 Å². The van der Waals surface area contributed by atoms with Gasteiger partial charge in [0.2, 0.25) is 0 Å². The minimum Gasteiger partial charge on any atom is -0.442 e. The van der Waals surface area contributed by atoms with Crippen molar-refractivity contribution in [2.24, 2.45) is 0 Å². The van der Waals surface area contributed by atoms with Gasteiger partial charge in [0.05, 0.1) is 0 Å². The number of amides is 1. The molecule has 0 atom stereocenters. The van der Waals surface area contributed by atoms with Crippen LogP contribution in [0.1, 0.15) is 6.42 Å². The lowest BCUT2D eigenvalue weighted by Crippen LogP contribution is -2.32. The van der Waals surface area contributed by atoms with Gasteiger partial charge in [0.15, 0.2) is 0 Å². The second-order valence-corrected chi connectivity index (χ2v) is 1.76. The Hall–Kier alpha value is -0.730. The van der Waals surface area contributed by atoms with Crippen molar-refractivity contribution in [3.8, 4) is 0 Å². The summed E-state index contributed by atoms with van der Waals surface area (Å²) in [4.78, 5) is 12.0. The molecule has 0 aromatic rings. The molecule has 8 heavy (non-hydrogen) atoms. The Morgan fingerprint density at radius 2 is 2.62 bits per heavy atom. The van der Waals surface area contributed by atoms with Crippen LogP contribution >= 0.6 is 0 Å². The molecule has 1 aliphatic rings. The van der Waals surface area contributed by atoms with Crippen LogP contribution in [0.15, 0.2) is 0 Å². The maximum absolute atomic E-state index is 10.5. The van der Waals surface area contributed by atoms with Gasteiger partial charge in [-0.2, -0.15) is 0 Å². The number of nitrogens with zero attached hydrogens (tertiary/aromatic N) is 1. The summed E-state index contributed by atoms with van der Waals surface area (Å²) in [6.45, 7) is 2.31. The fraction of sp³-hybridized carbons (Fsp3) is 0.600. The molecule has 0 N–H and O–H groups in total. The monoisotopic (exact) mass is 114 g/mol. The fourth-order valence-corrected chi connectivity index (χ4v) is 0.558. The second kappa shape index (κ2) is 2.03. The van der Waals surface area contributed by atoms with Crippen molar-refractivity contribution in [3.05, 3.63) is 6.61 Å². The van der Waals surface area contributed by atoms with Gasteiger partial charge in [-0.05, 0) is 0 Å². The molecule has 0 aromatic carbocycles. The van der Waals surface area contributed by atoms with Gasteiger partial charge in [-0.1, -0.05) is 0 Å². The third-order valence-electron chi connectivity index (χ3n) is 1.08. The maximum Gasteiger partial charge on any atom is 0.409 e. The topological polar surface area (TPSA) is 29.5 Å². The van der Waals surface area contributed by atoms with Gasteiger partial charge in [-0.3, -0.25) is 0 Å². The molecule has 0 spiro atoms. The highest BCUT2D eigenvalue weighted by molar-refractivity contribution is 5.68. The standard InChI is InChI=1S/C5H8NO2/c1-6-3-2-4-8-5(6)7/h4H,2-3H2,1H3. The number of cyclic esters (lactones) is 1. The summed E-state index contributed by atoms with van der Waals surface area (Å²) in [7, 11) is 1.72. The molecule has 1 rings (SSSR count). The van der Waals surface area contributed by atoms with Crippen molar-refractivity contribution in [2.75, 3.05) is 13.6 Å². The number of hydrogen-bond acceptors (Lipinski definition) is 2. The van der Waals surface area contributed by atoms with Crippen molar-refractivity contribution < 1.29 is 9.53 Å². The van der Waals surface area contributed by atoms with E-state index in [1.165, 1.54) is 6.61 Å². The van der Waals surface area contributed by atoms with E-state index in [9.17, 15) is 4.79 Å². The van der Waals surface area contributed by atoms with Crippen LogP contribution in [0.4, 0.5) is 4.79 Å². The Bertz CT molecular complexity index is 103. The fourth-order valence-electron chi connectivity index (χ4n) is 0.558. The summed E-state index contributed by atoms with van der Waals surface area (Å²) in [5.74, 6) is 0. The Labute approximate surface area is 48.2 Å².